The van der Waals surface area contributed by atoms with Gasteiger partial charge in [-0.05, 0) is 55.9 Å². The summed E-state index contributed by atoms with van der Waals surface area (Å²) in [4.78, 5) is 2.52. The van der Waals surface area contributed by atoms with E-state index in [9.17, 15) is 0 Å². The minimum absolute atomic E-state index is 0.267. The average molecular weight is 311 g/mol. The summed E-state index contributed by atoms with van der Waals surface area (Å²) in [6.45, 7) is 4.54. The van der Waals surface area contributed by atoms with Crippen LogP contribution in [0.1, 0.15) is 38.2 Å². The molecular weight excluding hydrogens is 288 g/mol. The third-order valence-electron chi connectivity index (χ3n) is 3.74. The van der Waals surface area contributed by atoms with E-state index in [2.05, 4.69) is 46.0 Å². The first kappa shape index (κ1) is 13.9. The van der Waals surface area contributed by atoms with Crippen LogP contribution in [0.15, 0.2) is 22.7 Å². The Labute approximate surface area is 119 Å². The molecule has 0 spiro atoms. The van der Waals surface area contributed by atoms with Gasteiger partial charge in [0, 0.05) is 29.3 Å². The highest BCUT2D eigenvalue weighted by molar-refractivity contribution is 9.10. The van der Waals surface area contributed by atoms with Gasteiger partial charge in [0.05, 0.1) is 0 Å². The number of rotatable bonds is 4. The molecule has 100 valence electrons. The number of hydrogen-bond donors (Lipinski definition) is 1. The molecule has 1 aromatic carbocycles. The molecule has 0 aliphatic carbocycles. The van der Waals surface area contributed by atoms with Crippen molar-refractivity contribution in [3.8, 4) is 0 Å². The minimum atomic E-state index is 0.267. The van der Waals surface area contributed by atoms with E-state index < -0.39 is 0 Å². The minimum Gasteiger partial charge on any atom is -0.371 e. The summed E-state index contributed by atoms with van der Waals surface area (Å²) in [6, 6.07) is 6.89. The Morgan fingerprint density at radius 2 is 2.00 bits per heavy atom. The van der Waals surface area contributed by atoms with Gasteiger partial charge in [0.25, 0.3) is 0 Å². The van der Waals surface area contributed by atoms with E-state index in [1.54, 1.807) is 0 Å². The fraction of sp³-hybridized carbons (Fsp3) is 0.600. The van der Waals surface area contributed by atoms with Gasteiger partial charge in [-0.1, -0.05) is 22.9 Å². The molecule has 0 radical (unpaired) electrons. The Balaban J connectivity index is 2.21. The fourth-order valence-electron chi connectivity index (χ4n) is 2.59. The summed E-state index contributed by atoms with van der Waals surface area (Å²) in [5.74, 6) is 0. The van der Waals surface area contributed by atoms with Crippen LogP contribution in [0.3, 0.4) is 0 Å². The number of benzene rings is 1. The van der Waals surface area contributed by atoms with Crippen LogP contribution < -0.4 is 10.6 Å². The molecule has 1 unspecified atom stereocenters. The zero-order valence-corrected chi connectivity index (χ0v) is 12.7. The summed E-state index contributed by atoms with van der Waals surface area (Å²) >= 11 is 3.57. The first-order valence-corrected chi connectivity index (χ1v) is 7.79. The Kier molecular flexibility index (Phi) is 5.07. The van der Waals surface area contributed by atoms with Crippen molar-refractivity contribution in [1.82, 2.24) is 0 Å². The monoisotopic (exact) mass is 310 g/mol. The van der Waals surface area contributed by atoms with Gasteiger partial charge in [-0.3, -0.25) is 0 Å². The standard InChI is InChI=1S/C15H23BrN2/c1-2-14(17)11-12-10-13(16)6-7-15(12)18-8-4-3-5-9-18/h6-7,10,14H,2-5,8-9,11,17H2,1H3. The van der Waals surface area contributed by atoms with E-state index in [1.807, 2.05) is 0 Å². The van der Waals surface area contributed by atoms with Crippen LogP contribution in [0.5, 0.6) is 0 Å². The van der Waals surface area contributed by atoms with Crippen molar-refractivity contribution >= 4 is 21.6 Å². The maximum absolute atomic E-state index is 6.12. The zero-order chi connectivity index (χ0) is 13.0. The number of piperidine rings is 1. The largest absolute Gasteiger partial charge is 0.371 e. The molecular formula is C15H23BrN2. The Bertz CT molecular complexity index is 386. The zero-order valence-electron chi connectivity index (χ0n) is 11.2. The lowest BCUT2D eigenvalue weighted by Gasteiger charge is -2.31. The Morgan fingerprint density at radius 3 is 2.67 bits per heavy atom. The van der Waals surface area contributed by atoms with Gasteiger partial charge in [-0.15, -0.1) is 0 Å². The number of nitrogens with zero attached hydrogens (tertiary/aromatic N) is 1. The van der Waals surface area contributed by atoms with E-state index in [0.29, 0.717) is 0 Å². The molecule has 18 heavy (non-hydrogen) atoms. The lowest BCUT2D eigenvalue weighted by Crippen LogP contribution is -2.31. The van der Waals surface area contributed by atoms with Gasteiger partial charge in [0.1, 0.15) is 0 Å². The van der Waals surface area contributed by atoms with Crippen LogP contribution in [0, 0.1) is 0 Å². The normalized spacial score (nSPS) is 17.8. The van der Waals surface area contributed by atoms with Gasteiger partial charge in [-0.2, -0.15) is 0 Å². The quantitative estimate of drug-likeness (QED) is 0.918. The Morgan fingerprint density at radius 1 is 1.28 bits per heavy atom. The summed E-state index contributed by atoms with van der Waals surface area (Å²) in [5.41, 5.74) is 8.90. The molecule has 1 saturated heterocycles. The summed E-state index contributed by atoms with van der Waals surface area (Å²) in [6.07, 6.45) is 6.01. The SMILES string of the molecule is CCC(N)Cc1cc(Br)ccc1N1CCCCC1. The molecule has 1 aliphatic rings. The number of anilines is 1. The lowest BCUT2D eigenvalue weighted by molar-refractivity contribution is 0.573. The van der Waals surface area contributed by atoms with Crippen molar-refractivity contribution in [1.29, 1.82) is 0 Å². The average Bonchev–Trinajstić information content (AvgIpc) is 2.40. The van der Waals surface area contributed by atoms with Crippen LogP contribution >= 0.6 is 15.9 Å². The van der Waals surface area contributed by atoms with Crippen LogP contribution in [0.4, 0.5) is 5.69 Å². The summed E-state index contributed by atoms with van der Waals surface area (Å²) in [5, 5.41) is 0. The molecule has 2 N–H and O–H groups in total. The van der Waals surface area contributed by atoms with Gasteiger partial charge in [0.2, 0.25) is 0 Å². The van der Waals surface area contributed by atoms with Gasteiger partial charge >= 0.3 is 0 Å². The first-order valence-electron chi connectivity index (χ1n) is 6.99. The second-order valence-electron chi connectivity index (χ2n) is 5.19. The molecule has 2 nitrogen and oxygen atoms in total. The summed E-state index contributed by atoms with van der Waals surface area (Å²) < 4.78 is 1.15. The first-order chi connectivity index (χ1) is 8.70. The predicted octanol–water partition coefficient (Wildman–Crippen LogP) is 3.72. The van der Waals surface area contributed by atoms with Crippen LogP contribution in [0.2, 0.25) is 0 Å². The lowest BCUT2D eigenvalue weighted by atomic mass is 10.0. The van der Waals surface area contributed by atoms with Crippen molar-refractivity contribution in [2.45, 2.75) is 45.1 Å². The maximum atomic E-state index is 6.12. The smallest absolute Gasteiger partial charge is 0.0400 e. The topological polar surface area (TPSA) is 29.3 Å². The molecule has 0 aromatic heterocycles. The highest BCUT2D eigenvalue weighted by Gasteiger charge is 2.15. The molecule has 1 aromatic rings. The van der Waals surface area contributed by atoms with Gasteiger partial charge in [0.15, 0.2) is 0 Å². The van der Waals surface area contributed by atoms with E-state index in [0.717, 1.165) is 17.3 Å². The molecule has 0 amide bonds. The van der Waals surface area contributed by atoms with Crippen molar-refractivity contribution in [3.63, 3.8) is 0 Å². The molecule has 0 bridgehead atoms. The number of hydrogen-bond acceptors (Lipinski definition) is 2. The van der Waals surface area contributed by atoms with Crippen LogP contribution in [0.25, 0.3) is 0 Å². The Hall–Kier alpha value is -0.540. The molecule has 1 atom stereocenters. The van der Waals surface area contributed by atoms with Crippen molar-refractivity contribution in [2.75, 3.05) is 18.0 Å². The predicted molar refractivity (Wildman–Crippen MR) is 82.2 cm³/mol. The molecule has 2 rings (SSSR count). The van der Waals surface area contributed by atoms with Crippen LogP contribution in [-0.4, -0.2) is 19.1 Å². The van der Waals surface area contributed by atoms with E-state index in [-0.39, 0.29) is 6.04 Å². The van der Waals surface area contributed by atoms with Crippen molar-refractivity contribution in [2.24, 2.45) is 5.73 Å². The highest BCUT2D eigenvalue weighted by atomic mass is 79.9. The number of nitrogens with two attached hydrogens (primary N) is 1. The van der Waals surface area contributed by atoms with Crippen molar-refractivity contribution < 1.29 is 0 Å². The maximum Gasteiger partial charge on any atom is 0.0400 e. The van der Waals surface area contributed by atoms with Gasteiger partial charge < -0.3 is 10.6 Å². The van der Waals surface area contributed by atoms with E-state index >= 15 is 0 Å². The van der Waals surface area contributed by atoms with Gasteiger partial charge in [-0.25, -0.2) is 0 Å². The molecule has 1 aliphatic heterocycles. The third kappa shape index (κ3) is 3.48. The molecule has 3 heteroatoms. The highest BCUT2D eigenvalue weighted by Crippen LogP contribution is 2.28. The molecule has 0 saturated carbocycles. The molecule has 1 fully saturated rings. The third-order valence-corrected chi connectivity index (χ3v) is 4.24. The van der Waals surface area contributed by atoms with Crippen molar-refractivity contribution in [3.05, 3.63) is 28.2 Å². The van der Waals surface area contributed by atoms with E-state index in [1.165, 1.54) is 43.6 Å². The summed E-state index contributed by atoms with van der Waals surface area (Å²) in [7, 11) is 0. The second-order valence-corrected chi connectivity index (χ2v) is 6.11. The van der Waals surface area contributed by atoms with E-state index in [4.69, 9.17) is 5.73 Å². The van der Waals surface area contributed by atoms with Crippen LogP contribution in [-0.2, 0) is 6.42 Å². The molecule has 1 heterocycles. The second kappa shape index (κ2) is 6.58. The fourth-order valence-corrected chi connectivity index (χ4v) is 3.00. The number of halogens is 1.